The summed E-state index contributed by atoms with van der Waals surface area (Å²) >= 11 is 0. The summed E-state index contributed by atoms with van der Waals surface area (Å²) in [6.07, 6.45) is 17.0. The molecule has 0 fully saturated rings. The first-order chi connectivity index (χ1) is 25.6. The molecule has 262 valence electrons. The quantitative estimate of drug-likeness (QED) is 0.0529. The van der Waals surface area contributed by atoms with Gasteiger partial charge in [0, 0.05) is 73.3 Å². The predicted molar refractivity (Wildman–Crippen MR) is 226 cm³/mol. The summed E-state index contributed by atoms with van der Waals surface area (Å²) in [5.41, 5.74) is 9.97. The summed E-state index contributed by atoms with van der Waals surface area (Å²) in [5, 5.41) is 0. The van der Waals surface area contributed by atoms with E-state index in [9.17, 15) is 0 Å². The zero-order valence-electron chi connectivity index (χ0n) is 30.2. The second-order valence-electron chi connectivity index (χ2n) is 12.9. The summed E-state index contributed by atoms with van der Waals surface area (Å²) < 4.78 is 4.10. The van der Waals surface area contributed by atoms with Crippen LogP contribution in [0, 0.1) is 0 Å². The van der Waals surface area contributed by atoms with Crippen molar-refractivity contribution in [2.75, 3.05) is 34.4 Å². The third-order valence-electron chi connectivity index (χ3n) is 8.87. The number of aromatic nitrogens is 2. The van der Waals surface area contributed by atoms with E-state index in [1.807, 2.05) is 35.7 Å². The van der Waals surface area contributed by atoms with Gasteiger partial charge in [0.15, 0.2) is 24.8 Å². The zero-order chi connectivity index (χ0) is 35.8. The summed E-state index contributed by atoms with van der Waals surface area (Å²) in [6, 6.07) is 48.0. The number of hydrogen-bond acceptors (Lipinski definition) is 4. The van der Waals surface area contributed by atoms with Crippen molar-refractivity contribution in [2.24, 2.45) is 14.1 Å². The monoisotopic (exact) mass is 720 g/mol. The lowest BCUT2D eigenvalue weighted by Crippen LogP contribution is -2.26. The molecule has 52 heavy (non-hydrogen) atoms. The van der Waals surface area contributed by atoms with Gasteiger partial charge in [0.1, 0.15) is 14.1 Å². The van der Waals surface area contributed by atoms with Gasteiger partial charge < -0.3 is 9.80 Å². The van der Waals surface area contributed by atoms with Gasteiger partial charge in [0.25, 0.3) is 0 Å². The van der Waals surface area contributed by atoms with Crippen molar-refractivity contribution in [2.45, 2.75) is 13.1 Å². The van der Waals surface area contributed by atoms with Crippen molar-refractivity contribution in [3.8, 4) is 0 Å². The van der Waals surface area contributed by atoms with Crippen molar-refractivity contribution < 1.29 is 9.13 Å². The van der Waals surface area contributed by atoms with Gasteiger partial charge in [0.2, 0.25) is 0 Å². The van der Waals surface area contributed by atoms with E-state index in [0.29, 0.717) is 0 Å². The number of aryl methyl sites for hydroxylation is 2. The Kier molecular flexibility index (Phi) is 13.8. The molecular weight excluding hydrogens is 673 g/mol. The summed E-state index contributed by atoms with van der Waals surface area (Å²) in [4.78, 5) is 5.01. The molecule has 2 aromatic heterocycles. The van der Waals surface area contributed by atoms with Crippen LogP contribution in [-0.4, -0.2) is 24.6 Å². The Bertz CT molecular complexity index is 1830. The maximum Gasteiger partial charge on any atom is 0.169 e. The molecule has 0 saturated carbocycles. The molecule has 0 amide bonds. The molecule has 0 aliphatic carbocycles. The van der Waals surface area contributed by atoms with Crippen LogP contribution in [0.15, 0.2) is 158 Å². The van der Waals surface area contributed by atoms with Gasteiger partial charge in [0.05, 0.1) is 0 Å². The van der Waals surface area contributed by atoms with Crippen molar-refractivity contribution in [3.05, 3.63) is 192 Å². The largest absolute Gasteiger partial charge is 0.366 e. The van der Waals surface area contributed by atoms with Gasteiger partial charge >= 0.3 is 0 Å². The fourth-order valence-electron chi connectivity index (χ4n) is 5.84. The van der Waals surface area contributed by atoms with E-state index in [-0.39, 0.29) is 0 Å². The molecule has 2 heterocycles. The lowest BCUT2D eigenvalue weighted by Gasteiger charge is -2.26. The molecule has 0 bridgehead atoms. The molecule has 0 aliphatic rings. The second-order valence-corrected chi connectivity index (χ2v) is 15.6. The molecule has 6 rings (SSSR count). The van der Waals surface area contributed by atoms with Gasteiger partial charge in [-0.1, -0.05) is 131 Å². The molecule has 0 aliphatic heterocycles. The minimum absolute atomic E-state index is 0.891. The van der Waals surface area contributed by atoms with E-state index in [1.165, 1.54) is 44.8 Å². The van der Waals surface area contributed by atoms with Crippen LogP contribution in [0.25, 0.3) is 24.3 Å². The van der Waals surface area contributed by atoms with E-state index in [2.05, 4.69) is 201 Å². The normalized spacial score (nSPS) is 11.3. The number of benzene rings is 4. The molecule has 6 aromatic rings. The molecule has 4 nitrogen and oxygen atoms in total. The number of pyridine rings is 2. The lowest BCUT2D eigenvalue weighted by molar-refractivity contribution is -0.671. The average molecular weight is 721 g/mol. The number of rotatable bonds is 17. The predicted octanol–water partition coefficient (Wildman–Crippen LogP) is 9.77. The van der Waals surface area contributed by atoms with Crippen LogP contribution in [0.5, 0.6) is 0 Å². The third-order valence-corrected chi connectivity index (χ3v) is 11.2. The molecule has 0 saturated heterocycles. The first kappa shape index (κ1) is 36.7. The van der Waals surface area contributed by atoms with Crippen molar-refractivity contribution in [1.82, 2.24) is 0 Å². The highest BCUT2D eigenvalue weighted by molar-refractivity contribution is 8.76. The van der Waals surface area contributed by atoms with Gasteiger partial charge in [-0.15, -0.1) is 0 Å². The van der Waals surface area contributed by atoms with Crippen molar-refractivity contribution in [1.29, 1.82) is 0 Å². The van der Waals surface area contributed by atoms with Gasteiger partial charge in [-0.3, -0.25) is 0 Å². The van der Waals surface area contributed by atoms with E-state index >= 15 is 0 Å². The highest BCUT2D eigenvalue weighted by atomic mass is 33.1. The Labute approximate surface area is 318 Å². The lowest BCUT2D eigenvalue weighted by atomic mass is 10.1. The van der Waals surface area contributed by atoms with Gasteiger partial charge in [-0.2, -0.15) is 0 Å². The topological polar surface area (TPSA) is 14.2 Å². The second kappa shape index (κ2) is 19.5. The number of anilines is 2. The minimum atomic E-state index is 0.891. The summed E-state index contributed by atoms with van der Waals surface area (Å²) in [7, 11) is 8.03. The Morgan fingerprint density at radius 2 is 0.750 bits per heavy atom. The third kappa shape index (κ3) is 11.8. The van der Waals surface area contributed by atoms with Crippen molar-refractivity contribution >= 4 is 57.3 Å². The van der Waals surface area contributed by atoms with E-state index in [1.54, 1.807) is 0 Å². The molecule has 0 atom stereocenters. The average Bonchev–Trinajstić information content (AvgIpc) is 3.19. The van der Waals surface area contributed by atoms with Crippen LogP contribution in [-0.2, 0) is 27.2 Å². The Balaban J connectivity index is 1.04. The molecule has 4 aromatic carbocycles. The maximum atomic E-state index is 2.50. The number of hydrogen-bond donors (Lipinski definition) is 0. The number of nitrogens with zero attached hydrogens (tertiary/aromatic N) is 4. The molecule has 0 radical (unpaired) electrons. The van der Waals surface area contributed by atoms with Crippen LogP contribution in [0.2, 0.25) is 0 Å². The van der Waals surface area contributed by atoms with Crippen LogP contribution in [0.1, 0.15) is 33.4 Å². The molecule has 0 spiro atoms. The van der Waals surface area contributed by atoms with Gasteiger partial charge in [-0.25, -0.2) is 9.13 Å². The molecule has 0 unspecified atom stereocenters. The van der Waals surface area contributed by atoms with Crippen LogP contribution < -0.4 is 18.9 Å². The molecule has 0 N–H and O–H groups in total. The highest BCUT2D eigenvalue weighted by Crippen LogP contribution is 2.26. The van der Waals surface area contributed by atoms with E-state index < -0.39 is 0 Å². The van der Waals surface area contributed by atoms with Gasteiger partial charge in [-0.05, 0) is 57.6 Å². The Morgan fingerprint density at radius 3 is 1.10 bits per heavy atom. The Morgan fingerprint density at radius 1 is 0.423 bits per heavy atom. The highest BCUT2D eigenvalue weighted by Gasteiger charge is 2.10. The van der Waals surface area contributed by atoms with Crippen LogP contribution in [0.4, 0.5) is 11.4 Å². The summed E-state index contributed by atoms with van der Waals surface area (Å²) in [6.45, 7) is 3.74. The smallest absolute Gasteiger partial charge is 0.169 e. The fourth-order valence-corrected chi connectivity index (χ4v) is 7.82. The SMILES string of the molecule is C[n+]1ccc(/C=C/c2ccc(N(CCSSCCN(Cc3ccccc3)c3ccc(/C=C/c4cc[n+](C)cc4)cc3)Cc3ccccc3)cc2)cc1. The van der Waals surface area contributed by atoms with Crippen LogP contribution in [0.3, 0.4) is 0 Å². The first-order valence-electron chi connectivity index (χ1n) is 17.9. The molecule has 6 heteroatoms. The zero-order valence-corrected chi connectivity index (χ0v) is 31.8. The summed E-state index contributed by atoms with van der Waals surface area (Å²) in [5.74, 6) is 2.09. The first-order valence-corrected chi connectivity index (χ1v) is 20.4. The maximum absolute atomic E-state index is 2.50. The van der Waals surface area contributed by atoms with E-state index in [4.69, 9.17) is 0 Å². The minimum Gasteiger partial charge on any atom is -0.366 e. The standard InChI is InChI=1S/C46H48N4S2/c1-47-29-25-41(26-30-47)15-13-39-17-21-45(22-18-39)49(37-43-9-5-3-6-10-43)33-35-51-52-36-34-50(38-44-11-7-4-8-12-44)46-23-19-40(20-24-46)14-16-42-27-31-48(2)32-28-42/h3-32H,33-38H2,1-2H3/q+2. The van der Waals surface area contributed by atoms with Crippen molar-refractivity contribution in [3.63, 3.8) is 0 Å². The van der Waals surface area contributed by atoms with Crippen LogP contribution >= 0.6 is 21.6 Å². The molecular formula is C46H48N4S2+2. The Hall–Kier alpha value is -5.04. The van der Waals surface area contributed by atoms with E-state index in [0.717, 1.165) is 37.7 Å². The fraction of sp³-hybridized carbons (Fsp3) is 0.174.